The molecule has 0 saturated carbocycles. The van der Waals surface area contributed by atoms with Gasteiger partial charge in [-0.05, 0) is 35.9 Å². The van der Waals surface area contributed by atoms with Gasteiger partial charge in [0.2, 0.25) is 0 Å². The van der Waals surface area contributed by atoms with Gasteiger partial charge in [-0.15, -0.1) is 0 Å². The van der Waals surface area contributed by atoms with Gasteiger partial charge in [0.1, 0.15) is 11.5 Å². The first kappa shape index (κ1) is 15.0. The lowest BCUT2D eigenvalue weighted by Crippen LogP contribution is -1.87. The lowest BCUT2D eigenvalue weighted by Gasteiger charge is -2.06. The lowest BCUT2D eigenvalue weighted by atomic mass is 10.1. The highest BCUT2D eigenvalue weighted by atomic mass is 16.5. The highest BCUT2D eigenvalue weighted by Crippen LogP contribution is 2.27. The number of hydrogen-bond donors (Lipinski definition) is 2. The quantitative estimate of drug-likeness (QED) is 0.512. The Bertz CT molecular complexity index is 1040. The molecule has 25 heavy (non-hydrogen) atoms. The van der Waals surface area contributed by atoms with Crippen LogP contribution in [0.15, 0.2) is 72.8 Å². The minimum atomic E-state index is 0.674. The van der Waals surface area contributed by atoms with E-state index in [1.54, 1.807) is 6.07 Å². The molecule has 0 unspecified atom stereocenters. The number of ether oxygens (including phenoxy) is 1. The van der Waals surface area contributed by atoms with E-state index in [9.17, 15) is 0 Å². The molecule has 0 aliphatic heterocycles. The number of benzene rings is 3. The molecule has 4 nitrogen and oxygen atoms in total. The Morgan fingerprint density at radius 1 is 0.840 bits per heavy atom. The molecular formula is C21H17N3O. The zero-order valence-corrected chi connectivity index (χ0v) is 13.5. The van der Waals surface area contributed by atoms with E-state index in [4.69, 9.17) is 10.5 Å². The Kier molecular flexibility index (Phi) is 3.92. The molecule has 1 heterocycles. The molecule has 0 bridgehead atoms. The van der Waals surface area contributed by atoms with Crippen LogP contribution in [-0.4, -0.2) is 10.2 Å². The summed E-state index contributed by atoms with van der Waals surface area (Å²) in [5.74, 6) is 1.45. The molecule has 3 N–H and O–H groups in total. The zero-order chi connectivity index (χ0) is 17.1. The van der Waals surface area contributed by atoms with Crippen molar-refractivity contribution < 1.29 is 4.74 Å². The van der Waals surface area contributed by atoms with Crippen LogP contribution in [0.1, 0.15) is 11.3 Å². The monoisotopic (exact) mass is 327 g/mol. The van der Waals surface area contributed by atoms with Crippen molar-refractivity contribution in [2.24, 2.45) is 0 Å². The van der Waals surface area contributed by atoms with E-state index in [1.807, 2.05) is 66.7 Å². The third-order valence-corrected chi connectivity index (χ3v) is 3.89. The van der Waals surface area contributed by atoms with Gasteiger partial charge in [0.15, 0.2) is 0 Å². The molecule has 0 amide bonds. The normalized spacial score (nSPS) is 11.2. The number of nitrogen functional groups attached to an aromatic ring is 1. The number of fused-ring (bicyclic) bond motifs is 1. The van der Waals surface area contributed by atoms with Crippen LogP contribution in [0.4, 0.5) is 5.69 Å². The van der Waals surface area contributed by atoms with Crippen LogP contribution in [0.2, 0.25) is 0 Å². The van der Waals surface area contributed by atoms with E-state index in [-0.39, 0.29) is 0 Å². The first-order chi connectivity index (χ1) is 12.3. The fraction of sp³-hybridized carbons (Fsp3) is 0. The van der Waals surface area contributed by atoms with Crippen LogP contribution in [0.3, 0.4) is 0 Å². The number of hydrogen-bond acceptors (Lipinski definition) is 3. The number of aromatic amines is 1. The van der Waals surface area contributed by atoms with Crippen LogP contribution >= 0.6 is 0 Å². The molecule has 0 aliphatic carbocycles. The standard InChI is InChI=1S/C21H17N3O/c22-16-7-4-8-17(13-16)25-18-10-11-19-20(23-24-21(19)14-18)12-9-15-5-2-1-3-6-15/h1-14H,22H2,(H,23,24)/b12-9+. The summed E-state index contributed by atoms with van der Waals surface area (Å²) in [7, 11) is 0. The van der Waals surface area contributed by atoms with Crippen molar-refractivity contribution in [1.29, 1.82) is 0 Å². The number of aromatic nitrogens is 2. The van der Waals surface area contributed by atoms with Gasteiger partial charge in [-0.3, -0.25) is 5.10 Å². The number of nitrogens with zero attached hydrogens (tertiary/aromatic N) is 1. The Hall–Kier alpha value is -3.53. The average Bonchev–Trinajstić information content (AvgIpc) is 3.03. The van der Waals surface area contributed by atoms with Gasteiger partial charge < -0.3 is 10.5 Å². The second-order valence-corrected chi connectivity index (χ2v) is 5.73. The summed E-state index contributed by atoms with van der Waals surface area (Å²) in [6, 6.07) is 23.4. The SMILES string of the molecule is Nc1cccc(Oc2ccc3c(/C=C/c4ccccc4)n[nH]c3c2)c1. The molecule has 4 heteroatoms. The number of H-pyrrole nitrogens is 1. The predicted molar refractivity (Wildman–Crippen MR) is 102 cm³/mol. The third-order valence-electron chi connectivity index (χ3n) is 3.89. The number of nitrogens with one attached hydrogen (secondary N) is 1. The van der Waals surface area contributed by atoms with Crippen LogP contribution in [0.5, 0.6) is 11.5 Å². The molecule has 4 aromatic rings. The summed E-state index contributed by atoms with van der Waals surface area (Å²) >= 11 is 0. The summed E-state index contributed by atoms with van der Waals surface area (Å²) in [6.45, 7) is 0. The van der Waals surface area contributed by atoms with Crippen molar-refractivity contribution in [2.45, 2.75) is 0 Å². The van der Waals surface area contributed by atoms with Gasteiger partial charge in [-0.25, -0.2) is 0 Å². The predicted octanol–water partition coefficient (Wildman–Crippen LogP) is 5.11. The van der Waals surface area contributed by atoms with Crippen LogP contribution < -0.4 is 10.5 Å². The first-order valence-corrected chi connectivity index (χ1v) is 8.02. The van der Waals surface area contributed by atoms with Crippen molar-refractivity contribution in [3.63, 3.8) is 0 Å². The molecule has 0 aliphatic rings. The first-order valence-electron chi connectivity index (χ1n) is 8.02. The van der Waals surface area contributed by atoms with Crippen LogP contribution in [0, 0.1) is 0 Å². The molecule has 0 saturated heterocycles. The maximum atomic E-state index is 5.86. The van der Waals surface area contributed by atoms with E-state index < -0.39 is 0 Å². The van der Waals surface area contributed by atoms with E-state index in [2.05, 4.69) is 22.3 Å². The van der Waals surface area contributed by atoms with Crippen molar-refractivity contribution in [1.82, 2.24) is 10.2 Å². The van der Waals surface area contributed by atoms with Gasteiger partial charge in [-0.2, -0.15) is 5.10 Å². The number of anilines is 1. The number of nitrogens with two attached hydrogens (primary N) is 1. The molecule has 3 aromatic carbocycles. The maximum Gasteiger partial charge on any atom is 0.129 e. The van der Waals surface area contributed by atoms with Gasteiger partial charge in [0.25, 0.3) is 0 Å². The van der Waals surface area contributed by atoms with Gasteiger partial charge in [-0.1, -0.05) is 42.5 Å². The van der Waals surface area contributed by atoms with Crippen molar-refractivity contribution in [3.05, 3.63) is 84.1 Å². The van der Waals surface area contributed by atoms with Crippen molar-refractivity contribution >= 4 is 28.7 Å². The Morgan fingerprint density at radius 2 is 1.68 bits per heavy atom. The second-order valence-electron chi connectivity index (χ2n) is 5.73. The second kappa shape index (κ2) is 6.53. The topological polar surface area (TPSA) is 63.9 Å². The molecular weight excluding hydrogens is 310 g/mol. The van der Waals surface area contributed by atoms with Gasteiger partial charge in [0.05, 0.1) is 11.2 Å². The van der Waals surface area contributed by atoms with E-state index >= 15 is 0 Å². The third kappa shape index (κ3) is 3.38. The highest BCUT2D eigenvalue weighted by Gasteiger charge is 2.05. The van der Waals surface area contributed by atoms with Crippen LogP contribution in [-0.2, 0) is 0 Å². The van der Waals surface area contributed by atoms with E-state index in [0.29, 0.717) is 11.4 Å². The molecule has 4 rings (SSSR count). The fourth-order valence-electron chi connectivity index (χ4n) is 2.66. The highest BCUT2D eigenvalue weighted by molar-refractivity contribution is 5.90. The summed E-state index contributed by atoms with van der Waals surface area (Å²) in [6.07, 6.45) is 4.05. The molecule has 0 spiro atoms. The number of rotatable bonds is 4. The Morgan fingerprint density at radius 3 is 2.52 bits per heavy atom. The molecule has 1 aromatic heterocycles. The lowest BCUT2D eigenvalue weighted by molar-refractivity contribution is 0.483. The summed E-state index contributed by atoms with van der Waals surface area (Å²) in [5.41, 5.74) is 9.42. The summed E-state index contributed by atoms with van der Waals surface area (Å²) < 4.78 is 5.86. The van der Waals surface area contributed by atoms with E-state index in [1.165, 1.54) is 0 Å². The average molecular weight is 327 g/mol. The molecule has 0 fully saturated rings. The Labute approximate surface area is 145 Å². The largest absolute Gasteiger partial charge is 0.457 e. The molecule has 0 radical (unpaired) electrons. The van der Waals surface area contributed by atoms with Crippen molar-refractivity contribution in [2.75, 3.05) is 5.73 Å². The minimum absolute atomic E-state index is 0.674. The van der Waals surface area contributed by atoms with Crippen molar-refractivity contribution in [3.8, 4) is 11.5 Å². The van der Waals surface area contributed by atoms with Gasteiger partial charge in [0, 0.05) is 23.2 Å². The summed E-state index contributed by atoms with van der Waals surface area (Å²) in [4.78, 5) is 0. The minimum Gasteiger partial charge on any atom is -0.457 e. The molecule has 0 atom stereocenters. The van der Waals surface area contributed by atoms with Crippen LogP contribution in [0.25, 0.3) is 23.1 Å². The fourth-order valence-corrected chi connectivity index (χ4v) is 2.66. The van der Waals surface area contributed by atoms with Gasteiger partial charge >= 0.3 is 0 Å². The smallest absolute Gasteiger partial charge is 0.129 e. The molecule has 122 valence electrons. The summed E-state index contributed by atoms with van der Waals surface area (Å²) in [5, 5.41) is 8.49. The van der Waals surface area contributed by atoms with E-state index in [0.717, 1.165) is 27.9 Å². The zero-order valence-electron chi connectivity index (χ0n) is 13.5. The maximum absolute atomic E-state index is 5.86. The Balaban J connectivity index is 1.59.